The Hall–Kier alpha value is -1.84. The third-order valence-electron chi connectivity index (χ3n) is 2.81. The van der Waals surface area contributed by atoms with Gasteiger partial charge in [0.05, 0.1) is 6.26 Å². The van der Waals surface area contributed by atoms with Crippen LogP contribution in [0.2, 0.25) is 5.02 Å². The highest BCUT2D eigenvalue weighted by Crippen LogP contribution is 2.24. The maximum atomic E-state index is 5.88. The van der Waals surface area contributed by atoms with Crippen LogP contribution < -0.4 is 5.32 Å². The van der Waals surface area contributed by atoms with E-state index < -0.39 is 0 Å². The van der Waals surface area contributed by atoms with Crippen molar-refractivity contribution in [1.82, 2.24) is 5.32 Å². The topological polar surface area (TPSA) is 25.2 Å². The summed E-state index contributed by atoms with van der Waals surface area (Å²) in [5.74, 6) is 0.785. The van der Waals surface area contributed by atoms with E-state index in [0.717, 1.165) is 27.6 Å². The second-order valence-electron chi connectivity index (χ2n) is 4.13. The average molecular weight is 288 g/mol. The molecule has 2 aromatic rings. The Bertz CT molecular complexity index is 669. The molecule has 19 heavy (non-hydrogen) atoms. The number of thiocarbonyl (C=S) groups is 1. The number of halogens is 1. The Morgan fingerprint density at radius 1 is 1.16 bits per heavy atom. The van der Waals surface area contributed by atoms with Crippen LogP contribution >= 0.6 is 23.8 Å². The largest absolute Gasteiger partial charge is 0.465 e. The summed E-state index contributed by atoms with van der Waals surface area (Å²) >= 11 is 11.2. The molecule has 1 aromatic heterocycles. The van der Waals surface area contributed by atoms with Gasteiger partial charge in [-0.2, -0.15) is 0 Å². The molecule has 1 aliphatic heterocycles. The number of furan rings is 1. The summed E-state index contributed by atoms with van der Waals surface area (Å²) < 4.78 is 5.29. The minimum absolute atomic E-state index is 0.696. The number of rotatable bonds is 2. The zero-order valence-corrected chi connectivity index (χ0v) is 11.5. The third kappa shape index (κ3) is 2.62. The Balaban J connectivity index is 1.93. The van der Waals surface area contributed by atoms with Gasteiger partial charge in [-0.05, 0) is 42.0 Å². The Kier molecular flexibility index (Phi) is 3.23. The highest BCUT2D eigenvalue weighted by Gasteiger charge is 2.16. The van der Waals surface area contributed by atoms with Gasteiger partial charge in [0, 0.05) is 16.3 Å². The number of nitrogens with one attached hydrogen (secondary N) is 1. The summed E-state index contributed by atoms with van der Waals surface area (Å²) in [4.78, 5) is 0.696. The van der Waals surface area contributed by atoms with Crippen LogP contribution in [0.1, 0.15) is 11.3 Å². The molecule has 0 fully saturated rings. The van der Waals surface area contributed by atoms with E-state index in [1.54, 1.807) is 6.26 Å². The summed E-state index contributed by atoms with van der Waals surface area (Å²) in [6.07, 6.45) is 5.56. The smallest absolute Gasteiger partial charge is 0.127 e. The SMILES string of the molecule is S=C1NC(c2ccc(Cl)cc2)=C/C1=C\c1ccco1. The second kappa shape index (κ2) is 5.03. The van der Waals surface area contributed by atoms with Crippen molar-refractivity contribution in [1.29, 1.82) is 0 Å². The van der Waals surface area contributed by atoms with Crippen LogP contribution in [0.25, 0.3) is 11.8 Å². The number of hydrogen-bond acceptors (Lipinski definition) is 2. The molecule has 0 amide bonds. The third-order valence-corrected chi connectivity index (χ3v) is 3.40. The molecule has 1 aromatic carbocycles. The van der Waals surface area contributed by atoms with E-state index in [4.69, 9.17) is 28.2 Å². The maximum absolute atomic E-state index is 5.88. The van der Waals surface area contributed by atoms with Gasteiger partial charge in [0.15, 0.2) is 0 Å². The number of hydrogen-bond donors (Lipinski definition) is 1. The van der Waals surface area contributed by atoms with E-state index >= 15 is 0 Å². The molecule has 0 unspecified atom stereocenters. The van der Waals surface area contributed by atoms with Gasteiger partial charge in [0.25, 0.3) is 0 Å². The fourth-order valence-electron chi connectivity index (χ4n) is 1.87. The van der Waals surface area contributed by atoms with Crippen LogP contribution in [0.5, 0.6) is 0 Å². The summed E-state index contributed by atoms with van der Waals surface area (Å²) in [6, 6.07) is 11.4. The molecule has 0 radical (unpaired) electrons. The van der Waals surface area contributed by atoms with E-state index in [2.05, 4.69) is 5.32 Å². The highest BCUT2D eigenvalue weighted by molar-refractivity contribution is 7.80. The van der Waals surface area contributed by atoms with Crippen LogP contribution in [0, 0.1) is 0 Å². The van der Waals surface area contributed by atoms with Crippen molar-refractivity contribution >= 4 is 40.6 Å². The monoisotopic (exact) mass is 287 g/mol. The molecular formula is C15H10ClNOS. The Morgan fingerprint density at radius 2 is 1.95 bits per heavy atom. The summed E-state index contributed by atoms with van der Waals surface area (Å²) in [5.41, 5.74) is 2.96. The molecule has 4 heteroatoms. The van der Waals surface area contributed by atoms with Crippen LogP contribution in [0.15, 0.2) is 58.7 Å². The molecule has 0 aliphatic carbocycles. The molecule has 3 rings (SSSR count). The molecule has 1 N–H and O–H groups in total. The zero-order valence-electron chi connectivity index (χ0n) is 9.89. The van der Waals surface area contributed by atoms with Crippen molar-refractivity contribution in [2.24, 2.45) is 0 Å². The lowest BCUT2D eigenvalue weighted by Crippen LogP contribution is -2.13. The van der Waals surface area contributed by atoms with Crippen molar-refractivity contribution in [3.63, 3.8) is 0 Å². The molecule has 0 saturated carbocycles. The summed E-state index contributed by atoms with van der Waals surface area (Å²) in [5, 5.41) is 3.91. The van der Waals surface area contributed by atoms with Crippen molar-refractivity contribution in [3.05, 3.63) is 70.7 Å². The van der Waals surface area contributed by atoms with Crippen molar-refractivity contribution in [2.45, 2.75) is 0 Å². The zero-order chi connectivity index (χ0) is 13.2. The van der Waals surface area contributed by atoms with E-state index in [1.165, 1.54) is 0 Å². The first-order valence-corrected chi connectivity index (χ1v) is 6.55. The van der Waals surface area contributed by atoms with Crippen molar-refractivity contribution in [3.8, 4) is 0 Å². The van der Waals surface area contributed by atoms with Crippen molar-refractivity contribution < 1.29 is 4.42 Å². The van der Waals surface area contributed by atoms with Gasteiger partial charge in [-0.15, -0.1) is 0 Å². The first kappa shape index (κ1) is 12.2. The Labute approximate surface area is 121 Å². The van der Waals surface area contributed by atoms with Gasteiger partial charge in [0.2, 0.25) is 0 Å². The molecule has 0 bridgehead atoms. The highest BCUT2D eigenvalue weighted by atomic mass is 35.5. The fraction of sp³-hybridized carbons (Fsp3) is 0. The average Bonchev–Trinajstić information content (AvgIpc) is 3.02. The van der Waals surface area contributed by atoms with Crippen LogP contribution in [0.4, 0.5) is 0 Å². The van der Waals surface area contributed by atoms with Gasteiger partial charge >= 0.3 is 0 Å². The lowest BCUT2D eigenvalue weighted by Gasteiger charge is -2.03. The van der Waals surface area contributed by atoms with Crippen LogP contribution in [0.3, 0.4) is 0 Å². The quantitative estimate of drug-likeness (QED) is 0.659. The van der Waals surface area contributed by atoms with E-state index in [-0.39, 0.29) is 0 Å². The Morgan fingerprint density at radius 3 is 2.63 bits per heavy atom. The fourth-order valence-corrected chi connectivity index (χ4v) is 2.22. The van der Waals surface area contributed by atoms with E-state index in [0.29, 0.717) is 4.99 Å². The van der Waals surface area contributed by atoms with Crippen molar-refractivity contribution in [2.75, 3.05) is 0 Å². The molecule has 0 spiro atoms. The maximum Gasteiger partial charge on any atom is 0.127 e. The lowest BCUT2D eigenvalue weighted by molar-refractivity contribution is 0.557. The minimum Gasteiger partial charge on any atom is -0.465 e. The molecule has 1 aliphatic rings. The molecule has 2 heterocycles. The van der Waals surface area contributed by atoms with E-state index in [9.17, 15) is 0 Å². The first-order valence-electron chi connectivity index (χ1n) is 5.76. The minimum atomic E-state index is 0.696. The van der Waals surface area contributed by atoms with Gasteiger partial charge in [-0.1, -0.05) is 36.0 Å². The van der Waals surface area contributed by atoms with Crippen LogP contribution in [-0.2, 0) is 0 Å². The standard InChI is InChI=1S/C15H10ClNOS/c16-12-5-3-10(4-6-12)14-9-11(15(19)17-14)8-13-2-1-7-18-13/h1-9H,(H,17,19)/b11-8+. The van der Waals surface area contributed by atoms with Gasteiger partial charge < -0.3 is 9.73 Å². The first-order chi connectivity index (χ1) is 9.22. The normalized spacial score (nSPS) is 16.6. The molecule has 0 atom stereocenters. The predicted octanol–water partition coefficient (Wildman–Crippen LogP) is 4.29. The molecule has 2 nitrogen and oxygen atoms in total. The van der Waals surface area contributed by atoms with E-state index in [1.807, 2.05) is 48.6 Å². The second-order valence-corrected chi connectivity index (χ2v) is 4.98. The summed E-state index contributed by atoms with van der Waals surface area (Å²) in [6.45, 7) is 0. The molecule has 94 valence electrons. The summed E-state index contributed by atoms with van der Waals surface area (Å²) in [7, 11) is 0. The lowest BCUT2D eigenvalue weighted by atomic mass is 10.1. The molecular weight excluding hydrogens is 278 g/mol. The van der Waals surface area contributed by atoms with Gasteiger partial charge in [-0.25, -0.2) is 0 Å². The van der Waals surface area contributed by atoms with Gasteiger partial charge in [0.1, 0.15) is 10.7 Å². The predicted molar refractivity (Wildman–Crippen MR) is 81.8 cm³/mol. The number of benzene rings is 1. The molecule has 0 saturated heterocycles. The van der Waals surface area contributed by atoms with Gasteiger partial charge in [-0.3, -0.25) is 0 Å². The van der Waals surface area contributed by atoms with Crippen LogP contribution in [-0.4, -0.2) is 4.99 Å².